The van der Waals surface area contributed by atoms with E-state index in [1.807, 2.05) is 19.2 Å². The van der Waals surface area contributed by atoms with Crippen molar-refractivity contribution in [2.24, 2.45) is 5.41 Å². The zero-order valence-electron chi connectivity index (χ0n) is 10.8. The summed E-state index contributed by atoms with van der Waals surface area (Å²) in [5.41, 5.74) is 0.830. The zero-order chi connectivity index (χ0) is 12.9. The molecule has 3 heteroatoms. The highest BCUT2D eigenvalue weighted by Crippen LogP contribution is 2.32. The van der Waals surface area contributed by atoms with Crippen LogP contribution in [0, 0.1) is 11.2 Å². The average molecular weight is 258 g/mol. The molecule has 17 heavy (non-hydrogen) atoms. The summed E-state index contributed by atoms with van der Waals surface area (Å²) in [5.74, 6) is -0.267. The van der Waals surface area contributed by atoms with Gasteiger partial charge in [0.05, 0.1) is 5.02 Å². The highest BCUT2D eigenvalue weighted by atomic mass is 35.5. The minimum atomic E-state index is -0.267. The van der Waals surface area contributed by atoms with Gasteiger partial charge in [0.2, 0.25) is 0 Å². The van der Waals surface area contributed by atoms with Gasteiger partial charge in [0, 0.05) is 6.54 Å². The topological polar surface area (TPSA) is 12.0 Å². The molecule has 1 aromatic carbocycles. The highest BCUT2D eigenvalue weighted by Gasteiger charge is 2.27. The fourth-order valence-corrected chi connectivity index (χ4v) is 2.47. The number of rotatable bonds is 6. The van der Waals surface area contributed by atoms with Gasteiger partial charge in [-0.05, 0) is 43.4 Å². The Labute approximate surface area is 108 Å². The van der Waals surface area contributed by atoms with E-state index < -0.39 is 0 Å². The lowest BCUT2D eigenvalue weighted by atomic mass is 9.77. The Morgan fingerprint density at radius 3 is 2.47 bits per heavy atom. The lowest BCUT2D eigenvalue weighted by Gasteiger charge is -2.32. The average Bonchev–Trinajstić information content (AvgIpc) is 2.34. The van der Waals surface area contributed by atoms with Crippen LogP contribution in [0.5, 0.6) is 0 Å². The van der Waals surface area contributed by atoms with E-state index in [4.69, 9.17) is 11.6 Å². The van der Waals surface area contributed by atoms with Gasteiger partial charge in [-0.25, -0.2) is 4.39 Å². The van der Waals surface area contributed by atoms with E-state index in [9.17, 15) is 4.39 Å². The summed E-state index contributed by atoms with van der Waals surface area (Å²) in [6, 6.07) is 5.24. The molecule has 0 bridgehead atoms. The molecule has 96 valence electrons. The highest BCUT2D eigenvalue weighted by molar-refractivity contribution is 6.30. The van der Waals surface area contributed by atoms with Crippen molar-refractivity contribution in [3.05, 3.63) is 34.6 Å². The van der Waals surface area contributed by atoms with Gasteiger partial charge >= 0.3 is 0 Å². The van der Waals surface area contributed by atoms with Crippen molar-refractivity contribution in [3.8, 4) is 0 Å². The van der Waals surface area contributed by atoms with E-state index in [1.54, 1.807) is 6.07 Å². The van der Waals surface area contributed by atoms with Crippen LogP contribution in [0.1, 0.15) is 32.3 Å². The van der Waals surface area contributed by atoms with Gasteiger partial charge in [0.15, 0.2) is 0 Å². The van der Waals surface area contributed by atoms with Crippen LogP contribution >= 0.6 is 11.6 Å². The molecule has 0 aliphatic heterocycles. The van der Waals surface area contributed by atoms with Gasteiger partial charge in [-0.1, -0.05) is 37.6 Å². The van der Waals surface area contributed by atoms with Gasteiger partial charge in [-0.3, -0.25) is 0 Å². The van der Waals surface area contributed by atoms with E-state index in [2.05, 4.69) is 19.2 Å². The molecular weight excluding hydrogens is 237 g/mol. The SMILES string of the molecule is CCC(CC)(CNC)Cc1cccc(Cl)c1F. The monoisotopic (exact) mass is 257 g/mol. The van der Waals surface area contributed by atoms with Crippen molar-refractivity contribution in [1.29, 1.82) is 0 Å². The Morgan fingerprint density at radius 1 is 1.29 bits per heavy atom. The van der Waals surface area contributed by atoms with Crippen LogP contribution in [0.3, 0.4) is 0 Å². The summed E-state index contributed by atoms with van der Waals surface area (Å²) >= 11 is 5.82. The molecule has 0 heterocycles. The first-order chi connectivity index (χ1) is 8.08. The molecule has 0 aliphatic carbocycles. The Bertz CT molecular complexity index is 361. The molecule has 0 unspecified atom stereocenters. The van der Waals surface area contributed by atoms with E-state index >= 15 is 0 Å². The van der Waals surface area contributed by atoms with Gasteiger partial charge in [-0.2, -0.15) is 0 Å². The van der Waals surface area contributed by atoms with Crippen molar-refractivity contribution in [2.45, 2.75) is 33.1 Å². The molecule has 1 nitrogen and oxygen atoms in total. The molecule has 0 saturated heterocycles. The Hall–Kier alpha value is -0.600. The quantitative estimate of drug-likeness (QED) is 0.811. The van der Waals surface area contributed by atoms with Crippen molar-refractivity contribution in [1.82, 2.24) is 5.32 Å². The number of hydrogen-bond donors (Lipinski definition) is 1. The molecule has 0 saturated carbocycles. The second-order valence-corrected chi connectivity index (χ2v) is 5.03. The lowest BCUT2D eigenvalue weighted by Crippen LogP contribution is -2.33. The fraction of sp³-hybridized carbons (Fsp3) is 0.571. The van der Waals surface area contributed by atoms with Crippen LogP contribution in [0.25, 0.3) is 0 Å². The van der Waals surface area contributed by atoms with Gasteiger partial charge in [0.1, 0.15) is 5.82 Å². The minimum absolute atomic E-state index is 0.111. The standard InChI is InChI=1S/C14H21ClFN/c1-4-14(5-2,10-17-3)9-11-7-6-8-12(15)13(11)16/h6-8,17H,4-5,9-10H2,1-3H3. The zero-order valence-corrected chi connectivity index (χ0v) is 11.6. The molecule has 0 aliphatic rings. The van der Waals surface area contributed by atoms with Crippen molar-refractivity contribution >= 4 is 11.6 Å². The molecule has 0 amide bonds. The maximum Gasteiger partial charge on any atom is 0.144 e. The second-order valence-electron chi connectivity index (χ2n) is 4.63. The Kier molecular flexibility index (Phi) is 5.41. The predicted octanol–water partition coefficient (Wildman–Crippen LogP) is 4.05. The summed E-state index contributed by atoms with van der Waals surface area (Å²) in [6.45, 7) is 5.21. The number of halogens is 2. The van der Waals surface area contributed by atoms with Crippen molar-refractivity contribution in [2.75, 3.05) is 13.6 Å². The summed E-state index contributed by atoms with van der Waals surface area (Å²) < 4.78 is 13.9. The van der Waals surface area contributed by atoms with Gasteiger partial charge in [-0.15, -0.1) is 0 Å². The Morgan fingerprint density at radius 2 is 1.94 bits per heavy atom. The first-order valence-electron chi connectivity index (χ1n) is 6.16. The van der Waals surface area contributed by atoms with Crippen LogP contribution in [0.4, 0.5) is 4.39 Å². The molecule has 0 fully saturated rings. The van der Waals surface area contributed by atoms with E-state index in [-0.39, 0.29) is 16.3 Å². The van der Waals surface area contributed by atoms with E-state index in [0.29, 0.717) is 0 Å². The third-order valence-corrected chi connectivity index (χ3v) is 3.94. The van der Waals surface area contributed by atoms with Crippen molar-refractivity contribution in [3.63, 3.8) is 0 Å². The summed E-state index contributed by atoms with van der Waals surface area (Å²) in [4.78, 5) is 0. The molecule has 0 aromatic heterocycles. The van der Waals surface area contributed by atoms with Gasteiger partial charge in [0.25, 0.3) is 0 Å². The summed E-state index contributed by atoms with van der Waals surface area (Å²) in [6.07, 6.45) is 2.78. The maximum atomic E-state index is 13.9. The van der Waals surface area contributed by atoms with Crippen LogP contribution in [-0.2, 0) is 6.42 Å². The van der Waals surface area contributed by atoms with E-state index in [1.165, 1.54) is 0 Å². The molecule has 0 atom stereocenters. The number of benzene rings is 1. The normalized spacial score (nSPS) is 11.8. The molecule has 0 radical (unpaired) electrons. The largest absolute Gasteiger partial charge is 0.319 e. The fourth-order valence-electron chi connectivity index (χ4n) is 2.28. The first kappa shape index (κ1) is 14.5. The number of hydrogen-bond acceptors (Lipinski definition) is 1. The van der Waals surface area contributed by atoms with Crippen LogP contribution in [0.2, 0.25) is 5.02 Å². The Balaban J connectivity index is 2.97. The van der Waals surface area contributed by atoms with Crippen molar-refractivity contribution < 1.29 is 4.39 Å². The molecule has 1 aromatic rings. The number of nitrogens with one attached hydrogen (secondary N) is 1. The third-order valence-electron chi connectivity index (χ3n) is 3.65. The second kappa shape index (κ2) is 6.36. The lowest BCUT2D eigenvalue weighted by molar-refractivity contribution is 0.250. The molecule has 0 spiro atoms. The summed E-state index contributed by atoms with van der Waals surface area (Å²) in [5, 5.41) is 3.43. The first-order valence-corrected chi connectivity index (χ1v) is 6.54. The van der Waals surface area contributed by atoms with Gasteiger partial charge < -0.3 is 5.32 Å². The predicted molar refractivity (Wildman–Crippen MR) is 72.1 cm³/mol. The smallest absolute Gasteiger partial charge is 0.144 e. The minimum Gasteiger partial charge on any atom is -0.319 e. The molecule has 1 rings (SSSR count). The van der Waals surface area contributed by atoms with Crippen LogP contribution < -0.4 is 5.32 Å². The van der Waals surface area contributed by atoms with E-state index in [0.717, 1.165) is 31.4 Å². The summed E-state index contributed by atoms with van der Waals surface area (Å²) in [7, 11) is 1.94. The third kappa shape index (κ3) is 3.43. The van der Waals surface area contributed by atoms with Crippen LogP contribution in [-0.4, -0.2) is 13.6 Å². The molecular formula is C14H21ClFN. The van der Waals surface area contributed by atoms with Crippen LogP contribution in [0.15, 0.2) is 18.2 Å². The molecule has 1 N–H and O–H groups in total. The maximum absolute atomic E-state index is 13.9.